The van der Waals surface area contributed by atoms with Gasteiger partial charge in [0.25, 0.3) is 5.91 Å². The Kier molecular flexibility index (Phi) is 4.24. The van der Waals surface area contributed by atoms with Gasteiger partial charge >= 0.3 is 0 Å². The molecule has 1 aromatic carbocycles. The molecule has 1 amide bonds. The minimum Gasteiger partial charge on any atom is -0.472 e. The van der Waals surface area contributed by atoms with Crippen molar-refractivity contribution in [3.05, 3.63) is 60.2 Å². The van der Waals surface area contributed by atoms with Gasteiger partial charge in [0, 0.05) is 17.6 Å². The van der Waals surface area contributed by atoms with Gasteiger partial charge in [-0.15, -0.1) is 0 Å². The molecule has 5 nitrogen and oxygen atoms in total. The minimum atomic E-state index is -0.154. The van der Waals surface area contributed by atoms with Crippen molar-refractivity contribution in [1.29, 1.82) is 0 Å². The van der Waals surface area contributed by atoms with Crippen LogP contribution in [0.4, 0.5) is 0 Å². The molecular formula is C22H25N3O2. The molecule has 1 N–H and O–H groups in total. The summed E-state index contributed by atoms with van der Waals surface area (Å²) in [5.41, 5.74) is 5.96. The number of rotatable bonds is 3. The minimum absolute atomic E-state index is 0.154. The molecule has 2 aromatic heterocycles. The van der Waals surface area contributed by atoms with Crippen LogP contribution in [-0.4, -0.2) is 34.6 Å². The van der Waals surface area contributed by atoms with Gasteiger partial charge in [0.1, 0.15) is 6.26 Å². The number of hydrogen-bond acceptors (Lipinski definition) is 3. The summed E-state index contributed by atoms with van der Waals surface area (Å²) in [6.07, 6.45) is 11.6. The van der Waals surface area contributed by atoms with Crippen molar-refractivity contribution in [2.24, 2.45) is 0 Å². The Bertz CT molecular complexity index is 944. The summed E-state index contributed by atoms with van der Waals surface area (Å²) < 4.78 is 6.92. The molecule has 0 spiro atoms. The van der Waals surface area contributed by atoms with Gasteiger partial charge < -0.3 is 9.32 Å². The SMILES string of the molecule is O=C(Nn1cc(C2CCN3CCCCC3C2)c2ccccc21)c1ccoc1. The van der Waals surface area contributed by atoms with Crippen molar-refractivity contribution in [3.8, 4) is 0 Å². The molecule has 3 aromatic rings. The van der Waals surface area contributed by atoms with Crippen molar-refractivity contribution in [2.75, 3.05) is 18.5 Å². The average molecular weight is 363 g/mol. The van der Waals surface area contributed by atoms with E-state index in [1.807, 2.05) is 10.7 Å². The van der Waals surface area contributed by atoms with E-state index in [9.17, 15) is 4.79 Å². The third kappa shape index (κ3) is 3.06. The van der Waals surface area contributed by atoms with Gasteiger partial charge in [-0.3, -0.25) is 14.9 Å². The summed E-state index contributed by atoms with van der Waals surface area (Å²) in [6.45, 7) is 2.45. The lowest BCUT2D eigenvalue weighted by Crippen LogP contribution is -2.44. The second kappa shape index (κ2) is 6.89. The molecular weight excluding hydrogens is 338 g/mol. The van der Waals surface area contributed by atoms with Crippen LogP contribution < -0.4 is 5.43 Å². The first kappa shape index (κ1) is 16.6. The maximum atomic E-state index is 12.5. The van der Waals surface area contributed by atoms with E-state index in [1.165, 1.54) is 68.7 Å². The number of carbonyl (C=O) groups excluding carboxylic acids is 1. The highest BCUT2D eigenvalue weighted by molar-refractivity contribution is 6.00. The summed E-state index contributed by atoms with van der Waals surface area (Å²) >= 11 is 0. The third-order valence-corrected chi connectivity index (χ3v) is 6.26. The topological polar surface area (TPSA) is 50.4 Å². The first-order chi connectivity index (χ1) is 13.3. The summed E-state index contributed by atoms with van der Waals surface area (Å²) in [6, 6.07) is 10.8. The lowest BCUT2D eigenvalue weighted by molar-refractivity contribution is 0.0975. The lowest BCUT2D eigenvalue weighted by Gasteiger charge is -2.42. The molecule has 2 aliphatic rings. The van der Waals surface area contributed by atoms with Crippen LogP contribution in [-0.2, 0) is 0 Å². The fourth-order valence-corrected chi connectivity index (χ4v) is 4.86. The van der Waals surface area contributed by atoms with Crippen LogP contribution in [0.2, 0.25) is 0 Å². The molecule has 2 saturated heterocycles. The molecule has 2 aliphatic heterocycles. The van der Waals surface area contributed by atoms with E-state index in [4.69, 9.17) is 4.42 Å². The zero-order valence-corrected chi connectivity index (χ0v) is 15.4. The Balaban J connectivity index is 1.45. The summed E-state index contributed by atoms with van der Waals surface area (Å²) in [5.74, 6) is 0.402. The fourth-order valence-electron chi connectivity index (χ4n) is 4.86. The van der Waals surface area contributed by atoms with Gasteiger partial charge in [-0.05, 0) is 62.4 Å². The molecule has 5 rings (SSSR count). The average Bonchev–Trinajstić information content (AvgIpc) is 3.37. The van der Waals surface area contributed by atoms with E-state index in [0.717, 1.165) is 11.6 Å². The summed E-state index contributed by atoms with van der Waals surface area (Å²) in [7, 11) is 0. The van der Waals surface area contributed by atoms with Gasteiger partial charge in [-0.25, -0.2) is 0 Å². The maximum Gasteiger partial charge on any atom is 0.273 e. The molecule has 0 saturated carbocycles. The van der Waals surface area contributed by atoms with Crippen molar-refractivity contribution in [1.82, 2.24) is 9.58 Å². The van der Waals surface area contributed by atoms with Crippen LogP contribution in [0, 0.1) is 0 Å². The second-order valence-electron chi connectivity index (χ2n) is 7.83. The third-order valence-electron chi connectivity index (χ3n) is 6.26. The van der Waals surface area contributed by atoms with Gasteiger partial charge in [-0.1, -0.05) is 24.6 Å². The highest BCUT2D eigenvalue weighted by Gasteiger charge is 2.32. The standard InChI is InChI=1S/C22H25N3O2/c26-22(17-9-12-27-15-17)23-25-14-20(19-6-1-2-7-21(19)25)16-8-11-24-10-4-3-5-18(24)13-16/h1-2,6-7,9,12,14-16,18H,3-5,8,10-11,13H2,(H,23,26). The molecule has 0 aliphatic carbocycles. The number of nitrogens with one attached hydrogen (secondary N) is 1. The molecule has 0 radical (unpaired) electrons. The van der Waals surface area contributed by atoms with Crippen molar-refractivity contribution in [2.45, 2.75) is 44.1 Å². The number of para-hydroxylation sites is 1. The van der Waals surface area contributed by atoms with E-state index in [1.54, 1.807) is 6.07 Å². The number of hydrogen-bond donors (Lipinski definition) is 1. The zero-order valence-electron chi connectivity index (χ0n) is 15.4. The normalized spacial score (nSPS) is 23.3. The van der Waals surface area contributed by atoms with Crippen LogP contribution in [0.15, 0.2) is 53.5 Å². The first-order valence-corrected chi connectivity index (χ1v) is 9.97. The molecule has 27 heavy (non-hydrogen) atoms. The van der Waals surface area contributed by atoms with Gasteiger partial charge in [0.15, 0.2) is 0 Å². The van der Waals surface area contributed by atoms with E-state index < -0.39 is 0 Å². The first-order valence-electron chi connectivity index (χ1n) is 9.97. The number of carbonyl (C=O) groups is 1. The lowest BCUT2D eigenvalue weighted by atomic mass is 9.82. The monoisotopic (exact) mass is 363 g/mol. The van der Waals surface area contributed by atoms with Crippen LogP contribution in [0.1, 0.15) is 53.9 Å². The number of nitrogens with zero attached hydrogens (tertiary/aromatic N) is 2. The summed E-state index contributed by atoms with van der Waals surface area (Å²) in [4.78, 5) is 15.2. The molecule has 2 fully saturated rings. The zero-order chi connectivity index (χ0) is 18.2. The molecule has 0 bridgehead atoms. The van der Waals surface area contributed by atoms with E-state index in [0.29, 0.717) is 11.5 Å². The number of aromatic nitrogens is 1. The van der Waals surface area contributed by atoms with E-state index >= 15 is 0 Å². The highest BCUT2D eigenvalue weighted by Crippen LogP contribution is 2.38. The second-order valence-corrected chi connectivity index (χ2v) is 7.83. The van der Waals surface area contributed by atoms with Crippen LogP contribution in [0.3, 0.4) is 0 Å². The van der Waals surface area contributed by atoms with E-state index in [-0.39, 0.29) is 5.91 Å². The molecule has 140 valence electrons. The van der Waals surface area contributed by atoms with Crippen LogP contribution >= 0.6 is 0 Å². The number of benzene rings is 1. The summed E-state index contributed by atoms with van der Waals surface area (Å²) in [5, 5.41) is 1.25. The van der Waals surface area contributed by atoms with Gasteiger partial charge in [0.2, 0.25) is 0 Å². The maximum absolute atomic E-state index is 12.5. The Hall–Kier alpha value is -2.53. The Morgan fingerprint density at radius 3 is 2.93 bits per heavy atom. The largest absolute Gasteiger partial charge is 0.472 e. The van der Waals surface area contributed by atoms with Crippen molar-refractivity contribution < 1.29 is 9.21 Å². The van der Waals surface area contributed by atoms with Crippen molar-refractivity contribution >= 4 is 16.8 Å². The van der Waals surface area contributed by atoms with Crippen molar-refractivity contribution in [3.63, 3.8) is 0 Å². The predicted octanol–water partition coefficient (Wildman–Crippen LogP) is 4.35. The van der Waals surface area contributed by atoms with Gasteiger partial charge in [0.05, 0.1) is 17.3 Å². The Labute approximate surface area is 158 Å². The number of fused-ring (bicyclic) bond motifs is 2. The molecule has 4 heterocycles. The van der Waals surface area contributed by atoms with Crippen LogP contribution in [0.5, 0.6) is 0 Å². The molecule has 5 heteroatoms. The van der Waals surface area contributed by atoms with E-state index in [2.05, 4.69) is 34.7 Å². The Morgan fingerprint density at radius 2 is 2.04 bits per heavy atom. The number of furan rings is 1. The quantitative estimate of drug-likeness (QED) is 0.753. The van der Waals surface area contributed by atoms with Crippen LogP contribution in [0.25, 0.3) is 10.9 Å². The number of amides is 1. The molecule has 2 atom stereocenters. The molecule has 2 unspecified atom stereocenters. The predicted molar refractivity (Wildman–Crippen MR) is 106 cm³/mol. The number of piperidine rings is 2. The Morgan fingerprint density at radius 1 is 1.11 bits per heavy atom. The highest BCUT2D eigenvalue weighted by atomic mass is 16.3. The smallest absolute Gasteiger partial charge is 0.273 e. The van der Waals surface area contributed by atoms with Gasteiger partial charge in [-0.2, -0.15) is 0 Å². The fraction of sp³-hybridized carbons (Fsp3) is 0.409.